The normalized spacial score (nSPS) is 26.2. The van der Waals surface area contributed by atoms with E-state index in [1.54, 1.807) is 0 Å². The van der Waals surface area contributed by atoms with E-state index in [2.05, 4.69) is 25.3 Å². The van der Waals surface area contributed by atoms with Crippen LogP contribution in [0.15, 0.2) is 24.4 Å². The summed E-state index contributed by atoms with van der Waals surface area (Å²) in [6.45, 7) is 9.19. The van der Waals surface area contributed by atoms with Crippen LogP contribution in [0.3, 0.4) is 0 Å². The van der Waals surface area contributed by atoms with Gasteiger partial charge in [0, 0.05) is 18.3 Å². The molecule has 0 N–H and O–H groups in total. The first-order valence-electron chi connectivity index (χ1n) is 3.31. The van der Waals surface area contributed by atoms with Crippen molar-refractivity contribution in [3.05, 3.63) is 24.4 Å². The Hall–Kier alpha value is -0.720. The van der Waals surface area contributed by atoms with Crippen molar-refractivity contribution in [1.29, 1.82) is 0 Å². The largest absolute Gasteiger partial charge is 0.369 e. The lowest BCUT2D eigenvalue weighted by Crippen LogP contribution is -1.94. The molecule has 0 radical (unpaired) electrons. The molecule has 0 spiro atoms. The fourth-order valence-electron chi connectivity index (χ4n) is 0.995. The summed E-state index contributed by atoms with van der Waals surface area (Å²) in [6, 6.07) is 0.765. The minimum absolute atomic E-state index is 0.765. The molecule has 0 aliphatic carbocycles. The molecule has 1 heteroatoms. The zero-order valence-electron chi connectivity index (χ0n) is 6.09. The Morgan fingerprint density at radius 3 is 2.67 bits per heavy atom. The number of rotatable bonds is 2. The monoisotopic (exact) mass is 123 g/mol. The summed E-state index contributed by atoms with van der Waals surface area (Å²) in [5.41, 5.74) is 1.33. The molecule has 0 amide bonds. The first-order valence-corrected chi connectivity index (χ1v) is 3.31. The molecule has 1 unspecified atom stereocenters. The minimum Gasteiger partial charge on any atom is -0.369 e. The third-order valence-electron chi connectivity index (χ3n) is 1.67. The highest BCUT2D eigenvalue weighted by molar-refractivity contribution is 5.13. The number of allylic oxidation sites excluding steroid dienone is 3. The van der Waals surface area contributed by atoms with Gasteiger partial charge in [-0.2, -0.15) is 0 Å². The summed E-state index contributed by atoms with van der Waals surface area (Å²) in [5, 5.41) is 0. The molecule has 1 aliphatic rings. The maximum absolute atomic E-state index is 3.63. The summed E-state index contributed by atoms with van der Waals surface area (Å²) < 4.78 is 0. The third kappa shape index (κ3) is 1.35. The maximum Gasteiger partial charge on any atom is 0.0434 e. The van der Waals surface area contributed by atoms with E-state index >= 15 is 0 Å². The maximum atomic E-state index is 3.63. The van der Waals surface area contributed by atoms with Crippen LogP contribution < -0.4 is 0 Å². The molecule has 1 saturated heterocycles. The second-order valence-electron chi connectivity index (χ2n) is 2.55. The highest BCUT2D eigenvalue weighted by Crippen LogP contribution is 2.22. The lowest BCUT2D eigenvalue weighted by molar-refractivity contribution is 0.641. The van der Waals surface area contributed by atoms with E-state index < -0.39 is 0 Å². The van der Waals surface area contributed by atoms with Gasteiger partial charge >= 0.3 is 0 Å². The van der Waals surface area contributed by atoms with E-state index in [1.807, 2.05) is 12.2 Å². The van der Waals surface area contributed by atoms with Crippen LogP contribution in [0.5, 0.6) is 0 Å². The van der Waals surface area contributed by atoms with Gasteiger partial charge in [-0.05, 0) is 19.9 Å². The lowest BCUT2D eigenvalue weighted by atomic mass is 10.4. The van der Waals surface area contributed by atoms with Gasteiger partial charge in [0.15, 0.2) is 0 Å². The Bertz CT molecular complexity index is 147. The standard InChI is InChI=1S/C8H13N/c1-4-5-7(2)9-6-8(9)3/h4-5,8H,1,6H2,2-3H3. The smallest absolute Gasteiger partial charge is 0.0434 e. The molecule has 0 bridgehead atoms. The lowest BCUT2D eigenvalue weighted by Gasteiger charge is -1.99. The predicted molar refractivity (Wildman–Crippen MR) is 40.1 cm³/mol. The first kappa shape index (κ1) is 6.40. The van der Waals surface area contributed by atoms with Gasteiger partial charge in [0.05, 0.1) is 0 Å². The summed E-state index contributed by atoms with van der Waals surface area (Å²) >= 11 is 0. The van der Waals surface area contributed by atoms with Gasteiger partial charge in [-0.25, -0.2) is 0 Å². The second kappa shape index (κ2) is 2.26. The SMILES string of the molecule is C=CC=C(C)N1CC1C. The number of nitrogens with zero attached hydrogens (tertiary/aromatic N) is 1. The van der Waals surface area contributed by atoms with E-state index in [0.29, 0.717) is 0 Å². The van der Waals surface area contributed by atoms with Crippen LogP contribution in [0.4, 0.5) is 0 Å². The third-order valence-corrected chi connectivity index (χ3v) is 1.67. The Labute approximate surface area is 56.7 Å². The van der Waals surface area contributed by atoms with Gasteiger partial charge in [-0.3, -0.25) is 0 Å². The van der Waals surface area contributed by atoms with Crippen LogP contribution in [-0.2, 0) is 0 Å². The van der Waals surface area contributed by atoms with E-state index in [0.717, 1.165) is 6.04 Å². The van der Waals surface area contributed by atoms with Crippen LogP contribution in [-0.4, -0.2) is 17.5 Å². The van der Waals surface area contributed by atoms with E-state index in [9.17, 15) is 0 Å². The molecule has 0 saturated carbocycles. The van der Waals surface area contributed by atoms with Crippen molar-refractivity contribution in [2.45, 2.75) is 19.9 Å². The zero-order valence-corrected chi connectivity index (χ0v) is 6.09. The van der Waals surface area contributed by atoms with Crippen molar-refractivity contribution in [3.8, 4) is 0 Å². The molecule has 1 aliphatic heterocycles. The average Bonchev–Trinajstić information content (AvgIpc) is 2.47. The first-order chi connectivity index (χ1) is 4.25. The van der Waals surface area contributed by atoms with Crippen LogP contribution in [0.25, 0.3) is 0 Å². The molecule has 0 aromatic carbocycles. The van der Waals surface area contributed by atoms with Crippen molar-refractivity contribution >= 4 is 0 Å². The molecule has 1 heterocycles. The van der Waals surface area contributed by atoms with Gasteiger partial charge in [-0.1, -0.05) is 12.7 Å². The fraction of sp³-hybridized carbons (Fsp3) is 0.500. The Balaban J connectivity index is 2.44. The molecule has 9 heavy (non-hydrogen) atoms. The topological polar surface area (TPSA) is 3.01 Å². The predicted octanol–water partition coefficient (Wildman–Crippen LogP) is 1.78. The van der Waals surface area contributed by atoms with Crippen LogP contribution >= 0.6 is 0 Å². The van der Waals surface area contributed by atoms with Crippen molar-refractivity contribution in [3.63, 3.8) is 0 Å². The Morgan fingerprint density at radius 2 is 2.33 bits per heavy atom. The quantitative estimate of drug-likeness (QED) is 0.399. The molecule has 0 aromatic rings. The average molecular weight is 123 g/mol. The molecular weight excluding hydrogens is 110 g/mol. The van der Waals surface area contributed by atoms with Crippen molar-refractivity contribution in [1.82, 2.24) is 4.90 Å². The molecular formula is C8H13N. The van der Waals surface area contributed by atoms with Gasteiger partial charge in [-0.15, -0.1) is 0 Å². The van der Waals surface area contributed by atoms with Crippen LogP contribution in [0.2, 0.25) is 0 Å². The van der Waals surface area contributed by atoms with Crippen molar-refractivity contribution in [2.75, 3.05) is 6.54 Å². The molecule has 1 rings (SSSR count). The van der Waals surface area contributed by atoms with E-state index in [-0.39, 0.29) is 0 Å². The summed E-state index contributed by atoms with van der Waals surface area (Å²) in [5.74, 6) is 0. The highest BCUT2D eigenvalue weighted by atomic mass is 15.3. The van der Waals surface area contributed by atoms with E-state index in [4.69, 9.17) is 0 Å². The van der Waals surface area contributed by atoms with Crippen molar-refractivity contribution in [2.24, 2.45) is 0 Å². The number of hydrogen-bond donors (Lipinski definition) is 0. The summed E-state index contributed by atoms with van der Waals surface area (Å²) in [4.78, 5) is 2.34. The molecule has 0 aromatic heterocycles. The Kier molecular flexibility index (Phi) is 1.60. The van der Waals surface area contributed by atoms with Gasteiger partial charge < -0.3 is 4.90 Å². The molecule has 1 atom stereocenters. The molecule has 1 fully saturated rings. The van der Waals surface area contributed by atoms with Gasteiger partial charge in [0.1, 0.15) is 0 Å². The van der Waals surface area contributed by atoms with Crippen LogP contribution in [0, 0.1) is 0 Å². The van der Waals surface area contributed by atoms with E-state index in [1.165, 1.54) is 12.2 Å². The van der Waals surface area contributed by atoms with Crippen molar-refractivity contribution < 1.29 is 0 Å². The van der Waals surface area contributed by atoms with Gasteiger partial charge in [0.25, 0.3) is 0 Å². The minimum atomic E-state index is 0.765. The number of hydrogen-bond acceptors (Lipinski definition) is 1. The second-order valence-corrected chi connectivity index (χ2v) is 2.55. The molecule has 50 valence electrons. The highest BCUT2D eigenvalue weighted by Gasteiger charge is 2.28. The van der Waals surface area contributed by atoms with Gasteiger partial charge in [0.2, 0.25) is 0 Å². The zero-order chi connectivity index (χ0) is 6.85. The van der Waals surface area contributed by atoms with Crippen LogP contribution in [0.1, 0.15) is 13.8 Å². The fourth-order valence-corrected chi connectivity index (χ4v) is 0.995. The Morgan fingerprint density at radius 1 is 1.78 bits per heavy atom. The summed E-state index contributed by atoms with van der Waals surface area (Å²) in [7, 11) is 0. The molecule has 1 nitrogen and oxygen atoms in total. The summed E-state index contributed by atoms with van der Waals surface area (Å²) in [6.07, 6.45) is 3.88.